The average Bonchev–Trinajstić information content (AvgIpc) is 2.60. The summed E-state index contributed by atoms with van der Waals surface area (Å²) in [5, 5.41) is 0. The number of benzene rings is 1. The van der Waals surface area contributed by atoms with Crippen molar-refractivity contribution in [3.8, 4) is 0 Å². The smallest absolute Gasteiger partial charge is 0.197 e. The second-order valence-electron chi connectivity index (χ2n) is 3.28. The number of ether oxygens (including phenoxy) is 1. The maximum Gasteiger partial charge on any atom is 0.197 e. The second kappa shape index (κ2) is 4.31. The molecule has 1 heterocycles. The van der Waals surface area contributed by atoms with Gasteiger partial charge in [0.1, 0.15) is 5.52 Å². The molecule has 0 saturated heterocycles. The van der Waals surface area contributed by atoms with E-state index in [1.807, 2.05) is 19.1 Å². The summed E-state index contributed by atoms with van der Waals surface area (Å²) >= 11 is 0. The summed E-state index contributed by atoms with van der Waals surface area (Å²) in [4.78, 5) is 4.32. The molecule has 1 aromatic heterocycles. The molecule has 4 heteroatoms. The molecule has 2 aromatic rings. The Balaban J connectivity index is 2.16. The molecule has 0 fully saturated rings. The van der Waals surface area contributed by atoms with Crippen LogP contribution in [0, 0.1) is 0 Å². The lowest BCUT2D eigenvalue weighted by molar-refractivity contribution is 0.146. The first-order chi connectivity index (χ1) is 7.29. The predicted molar refractivity (Wildman–Crippen MR) is 58.6 cm³/mol. The molecule has 1 aromatic carbocycles. The van der Waals surface area contributed by atoms with Gasteiger partial charge in [-0.1, -0.05) is 0 Å². The fourth-order valence-electron chi connectivity index (χ4n) is 1.40. The lowest BCUT2D eigenvalue weighted by Crippen LogP contribution is -1.97. The summed E-state index contributed by atoms with van der Waals surface area (Å²) in [7, 11) is 0. The van der Waals surface area contributed by atoms with E-state index in [9.17, 15) is 0 Å². The highest BCUT2D eigenvalue weighted by Crippen LogP contribution is 2.18. The van der Waals surface area contributed by atoms with Crippen LogP contribution >= 0.6 is 0 Å². The first-order valence-corrected chi connectivity index (χ1v) is 5.02. The Morgan fingerprint density at radius 2 is 2.33 bits per heavy atom. The maximum absolute atomic E-state index is 5.64. The number of nitrogens with two attached hydrogens (primary N) is 1. The Labute approximate surface area is 88.0 Å². The fraction of sp³-hybridized carbons (Fsp3) is 0.364. The van der Waals surface area contributed by atoms with Gasteiger partial charge in [0.2, 0.25) is 0 Å². The lowest BCUT2D eigenvalue weighted by Gasteiger charge is -1.95. The molecule has 0 aliphatic carbocycles. The molecule has 0 unspecified atom stereocenters. The van der Waals surface area contributed by atoms with Gasteiger partial charge in [0, 0.05) is 24.8 Å². The van der Waals surface area contributed by atoms with E-state index in [0.717, 1.165) is 11.1 Å². The van der Waals surface area contributed by atoms with Crippen molar-refractivity contribution < 1.29 is 9.15 Å². The minimum Gasteiger partial charge on any atom is -0.441 e. The number of oxazole rings is 1. The SMILES string of the molecule is CCOCCc1nc2ccc(N)cc2o1. The summed E-state index contributed by atoms with van der Waals surface area (Å²) in [6, 6.07) is 5.46. The Bertz CT molecular complexity index is 451. The molecule has 2 rings (SSSR count). The van der Waals surface area contributed by atoms with Crippen molar-refractivity contribution in [2.24, 2.45) is 0 Å². The van der Waals surface area contributed by atoms with Crippen molar-refractivity contribution in [3.63, 3.8) is 0 Å². The Hall–Kier alpha value is -1.55. The second-order valence-corrected chi connectivity index (χ2v) is 3.28. The van der Waals surface area contributed by atoms with Crippen LogP contribution in [0.25, 0.3) is 11.1 Å². The maximum atomic E-state index is 5.64. The number of hydrogen-bond donors (Lipinski definition) is 1. The third kappa shape index (κ3) is 2.27. The number of nitrogen functional groups attached to an aromatic ring is 1. The van der Waals surface area contributed by atoms with Gasteiger partial charge in [-0.05, 0) is 19.1 Å². The van der Waals surface area contributed by atoms with E-state index in [1.54, 1.807) is 6.07 Å². The highest BCUT2D eigenvalue weighted by Gasteiger charge is 2.05. The van der Waals surface area contributed by atoms with Gasteiger partial charge in [-0.3, -0.25) is 0 Å². The van der Waals surface area contributed by atoms with Gasteiger partial charge in [0.25, 0.3) is 0 Å². The molecule has 0 bridgehead atoms. The Morgan fingerprint density at radius 3 is 3.13 bits per heavy atom. The third-order valence-electron chi connectivity index (χ3n) is 2.12. The number of nitrogens with zero attached hydrogens (tertiary/aromatic N) is 1. The third-order valence-corrected chi connectivity index (χ3v) is 2.12. The van der Waals surface area contributed by atoms with Gasteiger partial charge in [-0.25, -0.2) is 4.98 Å². The zero-order valence-electron chi connectivity index (χ0n) is 8.69. The minimum absolute atomic E-state index is 0.638. The molecule has 2 N–H and O–H groups in total. The highest BCUT2D eigenvalue weighted by molar-refractivity contribution is 5.76. The molecule has 15 heavy (non-hydrogen) atoms. The average molecular weight is 206 g/mol. The summed E-state index contributed by atoms with van der Waals surface area (Å²) < 4.78 is 10.8. The van der Waals surface area contributed by atoms with Crippen molar-refractivity contribution in [1.82, 2.24) is 4.98 Å². The Kier molecular flexibility index (Phi) is 2.87. The number of aromatic nitrogens is 1. The molecule has 0 aliphatic rings. The van der Waals surface area contributed by atoms with Gasteiger partial charge in [-0.2, -0.15) is 0 Å². The van der Waals surface area contributed by atoms with Crippen LogP contribution in [0.15, 0.2) is 22.6 Å². The molecular formula is C11H14N2O2. The minimum atomic E-state index is 0.638. The quantitative estimate of drug-likeness (QED) is 0.613. The summed E-state index contributed by atoms with van der Waals surface area (Å²) in [5.41, 5.74) is 7.91. The normalized spacial score (nSPS) is 11.0. The number of rotatable bonds is 4. The highest BCUT2D eigenvalue weighted by atomic mass is 16.5. The van der Waals surface area contributed by atoms with E-state index in [2.05, 4.69) is 4.98 Å². The molecule has 0 aliphatic heterocycles. The zero-order valence-corrected chi connectivity index (χ0v) is 8.69. The van der Waals surface area contributed by atoms with Gasteiger partial charge < -0.3 is 14.9 Å². The van der Waals surface area contributed by atoms with Crippen molar-refractivity contribution in [1.29, 1.82) is 0 Å². The molecule has 0 radical (unpaired) electrons. The summed E-state index contributed by atoms with van der Waals surface area (Å²) in [6.07, 6.45) is 0.697. The van der Waals surface area contributed by atoms with Crippen LogP contribution in [0.5, 0.6) is 0 Å². The molecule has 4 nitrogen and oxygen atoms in total. The summed E-state index contributed by atoms with van der Waals surface area (Å²) in [6.45, 7) is 3.32. The molecule has 0 atom stereocenters. The van der Waals surface area contributed by atoms with Crippen LogP contribution in [-0.4, -0.2) is 18.2 Å². The van der Waals surface area contributed by atoms with Crippen LogP contribution in [0.3, 0.4) is 0 Å². The largest absolute Gasteiger partial charge is 0.441 e. The number of fused-ring (bicyclic) bond motifs is 1. The Morgan fingerprint density at radius 1 is 1.47 bits per heavy atom. The van der Waals surface area contributed by atoms with Crippen LogP contribution in [-0.2, 0) is 11.2 Å². The fourth-order valence-corrected chi connectivity index (χ4v) is 1.40. The number of anilines is 1. The standard InChI is InChI=1S/C11H14N2O2/c1-2-14-6-5-11-13-9-4-3-8(12)7-10(9)15-11/h3-4,7H,2,5-6,12H2,1H3. The molecular weight excluding hydrogens is 192 g/mol. The van der Waals surface area contributed by atoms with Crippen LogP contribution in [0.2, 0.25) is 0 Å². The molecule has 0 amide bonds. The van der Waals surface area contributed by atoms with Crippen LogP contribution in [0.1, 0.15) is 12.8 Å². The van der Waals surface area contributed by atoms with E-state index in [1.165, 1.54) is 0 Å². The first-order valence-electron chi connectivity index (χ1n) is 5.02. The topological polar surface area (TPSA) is 61.3 Å². The zero-order chi connectivity index (χ0) is 10.7. The van der Waals surface area contributed by atoms with E-state index >= 15 is 0 Å². The van der Waals surface area contributed by atoms with E-state index in [0.29, 0.717) is 31.2 Å². The van der Waals surface area contributed by atoms with E-state index < -0.39 is 0 Å². The first kappa shape index (κ1) is 9.98. The number of hydrogen-bond acceptors (Lipinski definition) is 4. The molecule has 80 valence electrons. The van der Waals surface area contributed by atoms with Crippen LogP contribution in [0.4, 0.5) is 5.69 Å². The predicted octanol–water partition coefficient (Wildman–Crippen LogP) is 1.99. The van der Waals surface area contributed by atoms with Gasteiger partial charge in [0.15, 0.2) is 11.5 Å². The van der Waals surface area contributed by atoms with Gasteiger partial charge in [-0.15, -0.1) is 0 Å². The molecule has 0 spiro atoms. The van der Waals surface area contributed by atoms with Crippen molar-refractivity contribution in [2.45, 2.75) is 13.3 Å². The van der Waals surface area contributed by atoms with Crippen molar-refractivity contribution in [3.05, 3.63) is 24.1 Å². The van der Waals surface area contributed by atoms with Gasteiger partial charge >= 0.3 is 0 Å². The van der Waals surface area contributed by atoms with E-state index in [4.69, 9.17) is 14.9 Å². The summed E-state index contributed by atoms with van der Waals surface area (Å²) in [5.74, 6) is 0.698. The monoisotopic (exact) mass is 206 g/mol. The molecule has 0 saturated carbocycles. The van der Waals surface area contributed by atoms with Crippen molar-refractivity contribution >= 4 is 16.8 Å². The van der Waals surface area contributed by atoms with Crippen LogP contribution < -0.4 is 5.73 Å². The lowest BCUT2D eigenvalue weighted by atomic mass is 10.3. The van der Waals surface area contributed by atoms with Gasteiger partial charge in [0.05, 0.1) is 6.61 Å². The van der Waals surface area contributed by atoms with E-state index in [-0.39, 0.29) is 0 Å². The van der Waals surface area contributed by atoms with Crippen molar-refractivity contribution in [2.75, 3.05) is 18.9 Å².